The molecule has 0 radical (unpaired) electrons. The number of hydrogen-bond acceptors (Lipinski definition) is 9. The maximum absolute atomic E-state index is 12.8. The second kappa shape index (κ2) is 8.08. The van der Waals surface area contributed by atoms with Crippen molar-refractivity contribution in [3.05, 3.63) is 29.3 Å². The average molecular weight is 414 g/mol. The van der Waals surface area contributed by atoms with Crippen molar-refractivity contribution in [1.82, 2.24) is 19.9 Å². The number of benzene rings is 1. The molecule has 1 saturated heterocycles. The Labute approximate surface area is 172 Å². The van der Waals surface area contributed by atoms with Gasteiger partial charge in [-0.05, 0) is 17.7 Å². The van der Waals surface area contributed by atoms with E-state index in [1.165, 1.54) is 11.3 Å². The molecule has 3 aromatic rings. The van der Waals surface area contributed by atoms with Gasteiger partial charge in [-0.2, -0.15) is 4.98 Å². The molecule has 2 N–H and O–H groups in total. The molecule has 0 unspecified atom stereocenters. The summed E-state index contributed by atoms with van der Waals surface area (Å²) in [6.07, 6.45) is 0.317. The van der Waals surface area contributed by atoms with Crippen LogP contribution in [0.1, 0.15) is 5.56 Å². The first-order valence-electron chi connectivity index (χ1n) is 9.19. The third-order valence-corrected chi connectivity index (χ3v) is 5.65. The van der Waals surface area contributed by atoms with E-state index in [0.717, 1.165) is 21.7 Å². The minimum atomic E-state index is 0.0814. The van der Waals surface area contributed by atoms with Crippen molar-refractivity contribution in [2.75, 3.05) is 51.0 Å². The summed E-state index contributed by atoms with van der Waals surface area (Å²) in [4.78, 5) is 30.5. The van der Waals surface area contributed by atoms with Crippen molar-refractivity contribution in [3.8, 4) is 11.5 Å². The Balaban J connectivity index is 1.41. The molecule has 0 bridgehead atoms. The molecule has 4 rings (SSSR count). The van der Waals surface area contributed by atoms with E-state index in [9.17, 15) is 4.79 Å². The number of nitrogens with zero attached hydrogens (tertiary/aromatic N) is 5. The Morgan fingerprint density at radius 3 is 2.62 bits per heavy atom. The lowest BCUT2D eigenvalue weighted by Crippen LogP contribution is -2.49. The zero-order chi connectivity index (χ0) is 20.4. The number of nitrogen functional groups attached to an aromatic ring is 1. The van der Waals surface area contributed by atoms with Crippen LogP contribution in [-0.2, 0) is 11.2 Å². The summed E-state index contributed by atoms with van der Waals surface area (Å²) in [5.74, 6) is 2.33. The highest BCUT2D eigenvalue weighted by molar-refractivity contribution is 7.16. The lowest BCUT2D eigenvalue weighted by atomic mass is 10.1. The minimum Gasteiger partial charge on any atom is -0.493 e. The molecule has 1 fully saturated rings. The van der Waals surface area contributed by atoms with Crippen LogP contribution in [-0.4, -0.2) is 66.2 Å². The maximum Gasteiger partial charge on any atom is 0.227 e. The zero-order valence-electron chi connectivity index (χ0n) is 16.3. The van der Waals surface area contributed by atoms with Gasteiger partial charge >= 0.3 is 0 Å². The number of fused-ring (bicyclic) bond motifs is 1. The van der Waals surface area contributed by atoms with Crippen molar-refractivity contribution in [2.45, 2.75) is 6.42 Å². The number of thiazole rings is 1. The van der Waals surface area contributed by atoms with Crippen molar-refractivity contribution in [2.24, 2.45) is 0 Å². The number of hydrogen-bond donors (Lipinski definition) is 1. The molecule has 1 aliphatic heterocycles. The van der Waals surface area contributed by atoms with Gasteiger partial charge in [0, 0.05) is 26.2 Å². The van der Waals surface area contributed by atoms with Gasteiger partial charge in [-0.25, -0.2) is 9.97 Å². The third-order valence-electron chi connectivity index (χ3n) is 4.93. The van der Waals surface area contributed by atoms with E-state index in [1.54, 1.807) is 19.7 Å². The summed E-state index contributed by atoms with van der Waals surface area (Å²) in [6, 6.07) is 5.55. The van der Waals surface area contributed by atoms with Gasteiger partial charge < -0.3 is 25.0 Å². The molecule has 2 aromatic heterocycles. The van der Waals surface area contributed by atoms with Gasteiger partial charge in [-0.1, -0.05) is 6.07 Å². The van der Waals surface area contributed by atoms with Crippen LogP contribution in [0.15, 0.2) is 23.7 Å². The number of methoxy groups -OCH3 is 2. The second-order valence-electron chi connectivity index (χ2n) is 6.65. The highest BCUT2D eigenvalue weighted by atomic mass is 32.1. The molecule has 29 heavy (non-hydrogen) atoms. The average Bonchev–Trinajstić information content (AvgIpc) is 3.21. The minimum absolute atomic E-state index is 0.0814. The summed E-state index contributed by atoms with van der Waals surface area (Å²) in [6.45, 7) is 2.56. The first kappa shape index (κ1) is 19.2. The lowest BCUT2D eigenvalue weighted by Gasteiger charge is -2.35. The molecule has 1 aliphatic rings. The Kier molecular flexibility index (Phi) is 5.34. The number of carbonyl (C=O) groups is 1. The van der Waals surface area contributed by atoms with Gasteiger partial charge in [0.1, 0.15) is 5.52 Å². The predicted octanol–water partition coefficient (Wildman–Crippen LogP) is 1.58. The second-order valence-corrected chi connectivity index (χ2v) is 7.48. The fourth-order valence-electron chi connectivity index (χ4n) is 3.43. The number of amides is 1. The van der Waals surface area contributed by atoms with Gasteiger partial charge in [0.25, 0.3) is 0 Å². The van der Waals surface area contributed by atoms with E-state index in [4.69, 9.17) is 15.2 Å². The number of ether oxygens (including phenoxy) is 2. The van der Waals surface area contributed by atoms with Gasteiger partial charge in [0.05, 0.1) is 26.2 Å². The van der Waals surface area contributed by atoms with E-state index < -0.39 is 0 Å². The van der Waals surface area contributed by atoms with Crippen LogP contribution >= 0.6 is 11.3 Å². The van der Waals surface area contributed by atoms with Crippen molar-refractivity contribution in [1.29, 1.82) is 0 Å². The maximum atomic E-state index is 12.8. The largest absolute Gasteiger partial charge is 0.493 e. The number of carbonyl (C=O) groups excluding carboxylic acids is 1. The molecule has 0 atom stereocenters. The quantitative estimate of drug-likeness (QED) is 0.671. The summed E-state index contributed by atoms with van der Waals surface area (Å²) >= 11 is 1.44. The molecule has 152 valence electrons. The van der Waals surface area contributed by atoms with Crippen LogP contribution in [0.2, 0.25) is 0 Å². The van der Waals surface area contributed by atoms with E-state index in [1.807, 2.05) is 23.1 Å². The Hall–Kier alpha value is -3.14. The molecule has 1 aromatic carbocycles. The molecule has 0 saturated carbocycles. The van der Waals surface area contributed by atoms with E-state index in [2.05, 4.69) is 19.9 Å². The molecule has 1 amide bonds. The number of piperazine rings is 1. The zero-order valence-corrected chi connectivity index (χ0v) is 17.1. The summed E-state index contributed by atoms with van der Waals surface area (Å²) < 4.78 is 10.6. The highest BCUT2D eigenvalue weighted by Gasteiger charge is 2.24. The standard InChI is InChI=1S/C19H22N6O3S/c1-27-13-4-3-12(9-14(13)28-2)10-15(26)24-5-7-25(8-6-24)17-16-18(29-11-21-16)23-19(20)22-17/h3-4,9,11H,5-8,10H2,1-2H3,(H2,20,22,23). The van der Waals surface area contributed by atoms with Crippen LogP contribution in [0, 0.1) is 0 Å². The number of anilines is 2. The Morgan fingerprint density at radius 1 is 1.14 bits per heavy atom. The first-order chi connectivity index (χ1) is 14.1. The molecular formula is C19H22N6O3S. The monoisotopic (exact) mass is 414 g/mol. The molecule has 9 nitrogen and oxygen atoms in total. The topological polar surface area (TPSA) is 107 Å². The van der Waals surface area contributed by atoms with Gasteiger partial charge in [0.15, 0.2) is 22.1 Å². The van der Waals surface area contributed by atoms with Gasteiger partial charge in [-0.3, -0.25) is 4.79 Å². The summed E-state index contributed by atoms with van der Waals surface area (Å²) in [5, 5.41) is 0. The molecular weight excluding hydrogens is 392 g/mol. The predicted molar refractivity (Wildman–Crippen MR) is 112 cm³/mol. The van der Waals surface area contributed by atoms with E-state index in [-0.39, 0.29) is 11.9 Å². The first-order valence-corrected chi connectivity index (χ1v) is 10.1. The molecule has 3 heterocycles. The SMILES string of the molecule is COc1ccc(CC(=O)N2CCN(c3nc(N)nc4scnc34)CC2)cc1OC. The number of aromatic nitrogens is 3. The van der Waals surface area contributed by atoms with Gasteiger partial charge in [-0.15, -0.1) is 11.3 Å². The summed E-state index contributed by atoms with van der Waals surface area (Å²) in [7, 11) is 3.18. The van der Waals surface area contributed by atoms with Crippen molar-refractivity contribution in [3.63, 3.8) is 0 Å². The summed E-state index contributed by atoms with van der Waals surface area (Å²) in [5.41, 5.74) is 9.23. The van der Waals surface area contributed by atoms with Crippen molar-refractivity contribution >= 4 is 39.4 Å². The normalized spacial score (nSPS) is 14.3. The third kappa shape index (κ3) is 3.88. The van der Waals surface area contributed by atoms with Crippen LogP contribution < -0.4 is 20.1 Å². The fourth-order valence-corrected chi connectivity index (χ4v) is 4.09. The van der Waals surface area contributed by atoms with Crippen molar-refractivity contribution < 1.29 is 14.3 Å². The highest BCUT2D eigenvalue weighted by Crippen LogP contribution is 2.29. The fraction of sp³-hybridized carbons (Fsp3) is 0.368. The van der Waals surface area contributed by atoms with Crippen LogP contribution in [0.4, 0.5) is 11.8 Å². The number of rotatable bonds is 5. The van der Waals surface area contributed by atoms with E-state index in [0.29, 0.717) is 44.1 Å². The Morgan fingerprint density at radius 2 is 1.90 bits per heavy atom. The van der Waals surface area contributed by atoms with Gasteiger partial charge in [0.2, 0.25) is 11.9 Å². The van der Waals surface area contributed by atoms with E-state index >= 15 is 0 Å². The van der Waals surface area contributed by atoms with Crippen LogP contribution in [0.25, 0.3) is 10.3 Å². The smallest absolute Gasteiger partial charge is 0.227 e. The lowest BCUT2D eigenvalue weighted by molar-refractivity contribution is -0.130. The Bertz CT molecular complexity index is 1030. The van der Waals surface area contributed by atoms with Crippen LogP contribution in [0.3, 0.4) is 0 Å². The number of nitrogens with two attached hydrogens (primary N) is 1. The van der Waals surface area contributed by atoms with Crippen LogP contribution in [0.5, 0.6) is 11.5 Å². The molecule has 10 heteroatoms. The molecule has 0 spiro atoms. The molecule has 0 aliphatic carbocycles.